The van der Waals surface area contributed by atoms with Crippen LogP contribution in [0.25, 0.3) is 76.5 Å². The van der Waals surface area contributed by atoms with Crippen molar-refractivity contribution in [1.29, 1.82) is 0 Å². The predicted octanol–water partition coefficient (Wildman–Crippen LogP) is 12.4. The summed E-state index contributed by atoms with van der Waals surface area (Å²) in [5.74, 6) is 0. The number of halogens is 1. The van der Waals surface area contributed by atoms with E-state index in [0.29, 0.717) is 0 Å². The molecule has 1 heteroatoms. The van der Waals surface area contributed by atoms with E-state index in [2.05, 4.69) is 168 Å². The zero-order chi connectivity index (χ0) is 28.2. The van der Waals surface area contributed by atoms with Crippen molar-refractivity contribution in [2.75, 3.05) is 0 Å². The lowest BCUT2D eigenvalue weighted by Crippen LogP contribution is -1.91. The number of hydrogen-bond acceptors (Lipinski definition) is 0. The lowest BCUT2D eigenvalue weighted by molar-refractivity contribution is 1.53. The fraction of sp³-hybridized carbons (Fsp3) is 0.0244. The summed E-state index contributed by atoms with van der Waals surface area (Å²) in [5, 5.41) is 10.2. The van der Waals surface area contributed by atoms with E-state index in [-0.39, 0.29) is 0 Å². The molecule has 0 bridgehead atoms. The maximum atomic E-state index is 3.94. The van der Waals surface area contributed by atoms with E-state index in [0.717, 1.165) is 4.47 Å². The first kappa shape index (κ1) is 25.0. The van der Waals surface area contributed by atoms with Gasteiger partial charge in [-0.05, 0) is 107 Å². The summed E-state index contributed by atoms with van der Waals surface area (Å²) in [6.45, 7) is 2.22. The molecule has 0 aromatic heterocycles. The Balaban J connectivity index is 1.58. The summed E-state index contributed by atoms with van der Waals surface area (Å²) < 4.78 is 1.11. The van der Waals surface area contributed by atoms with Crippen LogP contribution in [0.3, 0.4) is 0 Å². The molecule has 0 fully saturated rings. The van der Waals surface area contributed by atoms with Crippen molar-refractivity contribution >= 4 is 59.0 Å². The van der Waals surface area contributed by atoms with E-state index < -0.39 is 0 Å². The third kappa shape index (κ3) is 3.96. The van der Waals surface area contributed by atoms with Crippen LogP contribution in [0.15, 0.2) is 150 Å². The van der Waals surface area contributed by atoms with Gasteiger partial charge in [-0.1, -0.05) is 143 Å². The molecule has 0 saturated heterocycles. The van der Waals surface area contributed by atoms with Gasteiger partial charge in [-0.25, -0.2) is 0 Å². The second-order valence-electron chi connectivity index (χ2n) is 11.1. The van der Waals surface area contributed by atoms with Gasteiger partial charge in [0.05, 0.1) is 0 Å². The summed E-state index contributed by atoms with van der Waals surface area (Å²) in [6.07, 6.45) is 0. The van der Waals surface area contributed by atoms with Crippen molar-refractivity contribution in [2.24, 2.45) is 0 Å². The van der Waals surface area contributed by atoms with Gasteiger partial charge in [0, 0.05) is 4.47 Å². The van der Waals surface area contributed by atoms with E-state index >= 15 is 0 Å². The molecule has 0 heterocycles. The summed E-state index contributed by atoms with van der Waals surface area (Å²) >= 11 is 3.94. The average Bonchev–Trinajstić information content (AvgIpc) is 3.05. The van der Waals surface area contributed by atoms with E-state index in [1.807, 2.05) is 0 Å². The summed E-state index contributed by atoms with van der Waals surface area (Å²) in [7, 11) is 0. The van der Waals surface area contributed by atoms with Crippen molar-refractivity contribution in [3.05, 3.63) is 156 Å². The summed E-state index contributed by atoms with van der Waals surface area (Å²) in [4.78, 5) is 0. The first-order valence-electron chi connectivity index (χ1n) is 14.4. The van der Waals surface area contributed by atoms with Gasteiger partial charge < -0.3 is 0 Å². The molecule has 8 aromatic carbocycles. The van der Waals surface area contributed by atoms with Crippen LogP contribution in [0, 0.1) is 6.92 Å². The van der Waals surface area contributed by atoms with E-state index in [4.69, 9.17) is 0 Å². The highest BCUT2D eigenvalue weighted by atomic mass is 79.9. The molecule has 0 nitrogen and oxygen atoms in total. The molecule has 198 valence electrons. The summed E-state index contributed by atoms with van der Waals surface area (Å²) in [6, 6.07) is 53.2. The van der Waals surface area contributed by atoms with E-state index in [1.165, 1.54) is 82.0 Å². The first-order valence-corrected chi connectivity index (χ1v) is 15.2. The van der Waals surface area contributed by atoms with Crippen LogP contribution in [0.4, 0.5) is 0 Å². The van der Waals surface area contributed by atoms with Gasteiger partial charge in [-0.3, -0.25) is 0 Å². The fourth-order valence-electron chi connectivity index (χ4n) is 6.63. The average molecular weight is 600 g/mol. The molecule has 8 aromatic rings. The van der Waals surface area contributed by atoms with Crippen molar-refractivity contribution in [3.63, 3.8) is 0 Å². The van der Waals surface area contributed by atoms with Gasteiger partial charge in [0.2, 0.25) is 0 Å². The lowest BCUT2D eigenvalue weighted by atomic mass is 9.85. The Labute approximate surface area is 254 Å². The van der Waals surface area contributed by atoms with Crippen LogP contribution in [-0.2, 0) is 0 Å². The third-order valence-electron chi connectivity index (χ3n) is 8.65. The Morgan fingerprint density at radius 1 is 0.357 bits per heavy atom. The Morgan fingerprint density at radius 2 is 0.881 bits per heavy atom. The van der Waals surface area contributed by atoms with Gasteiger partial charge in [0.25, 0.3) is 0 Å². The minimum atomic E-state index is 1.11. The van der Waals surface area contributed by atoms with Crippen molar-refractivity contribution in [2.45, 2.75) is 6.92 Å². The fourth-order valence-corrected chi connectivity index (χ4v) is 7.22. The molecule has 8 rings (SSSR count). The highest BCUT2D eigenvalue weighted by Crippen LogP contribution is 2.45. The quantitative estimate of drug-likeness (QED) is 0.177. The normalized spacial score (nSPS) is 11.6. The monoisotopic (exact) mass is 598 g/mol. The second-order valence-corrected chi connectivity index (χ2v) is 11.9. The molecule has 0 aliphatic heterocycles. The molecule has 42 heavy (non-hydrogen) atoms. The Bertz CT molecular complexity index is 2280. The Morgan fingerprint density at radius 3 is 1.57 bits per heavy atom. The highest BCUT2D eigenvalue weighted by Gasteiger charge is 2.18. The zero-order valence-electron chi connectivity index (χ0n) is 23.2. The van der Waals surface area contributed by atoms with E-state index in [9.17, 15) is 0 Å². The number of hydrogen-bond donors (Lipinski definition) is 0. The lowest BCUT2D eigenvalue weighted by Gasteiger charge is -2.18. The van der Waals surface area contributed by atoms with Crippen molar-refractivity contribution in [3.8, 4) is 33.4 Å². The Hall–Kier alpha value is -4.72. The maximum Gasteiger partial charge on any atom is 0.0260 e. The molecule has 0 unspecified atom stereocenters. The van der Waals surface area contributed by atoms with Crippen LogP contribution >= 0.6 is 15.9 Å². The molecule has 0 spiro atoms. The molecular formula is C41H27Br. The SMILES string of the molecule is Cc1ccc(-c2ccccc2)c2c1ccc1c2cc(-c2ccccc2)c2c3cc(-c4ccccc4)cc(Br)c3ccc12. The van der Waals surface area contributed by atoms with Gasteiger partial charge >= 0.3 is 0 Å². The van der Waals surface area contributed by atoms with Crippen molar-refractivity contribution < 1.29 is 0 Å². The molecule has 0 atom stereocenters. The maximum absolute atomic E-state index is 3.94. The van der Waals surface area contributed by atoms with E-state index in [1.54, 1.807) is 0 Å². The predicted molar refractivity (Wildman–Crippen MR) is 185 cm³/mol. The van der Waals surface area contributed by atoms with Crippen LogP contribution in [0.2, 0.25) is 0 Å². The second kappa shape index (κ2) is 9.98. The molecule has 0 saturated carbocycles. The zero-order valence-corrected chi connectivity index (χ0v) is 24.8. The van der Waals surface area contributed by atoms with Crippen LogP contribution in [0.1, 0.15) is 5.56 Å². The standard InChI is InChI=1S/C41H27Br/c1-26-17-18-32(28-13-7-3-8-14-28)40-31(26)19-20-33-35-22-21-34-37(23-30(24-39(34)42)27-11-5-2-6-12-27)41(35)36(25-38(33)40)29-15-9-4-10-16-29/h2-25H,1H3. The third-order valence-corrected chi connectivity index (χ3v) is 9.31. The minimum Gasteiger partial charge on any atom is -0.0622 e. The molecule has 0 radical (unpaired) electrons. The first-order chi connectivity index (χ1) is 20.7. The van der Waals surface area contributed by atoms with Crippen LogP contribution in [0.5, 0.6) is 0 Å². The van der Waals surface area contributed by atoms with Gasteiger partial charge in [0.15, 0.2) is 0 Å². The summed E-state index contributed by atoms with van der Waals surface area (Å²) in [5.41, 5.74) is 8.72. The topological polar surface area (TPSA) is 0 Å². The Kier molecular flexibility index (Phi) is 5.94. The smallest absolute Gasteiger partial charge is 0.0260 e. The molecule has 0 N–H and O–H groups in total. The minimum absolute atomic E-state index is 1.11. The number of rotatable bonds is 3. The number of aryl methyl sites for hydroxylation is 1. The molecule has 0 aliphatic rings. The van der Waals surface area contributed by atoms with Crippen molar-refractivity contribution in [1.82, 2.24) is 0 Å². The molecule has 0 aliphatic carbocycles. The highest BCUT2D eigenvalue weighted by molar-refractivity contribution is 9.10. The molecular weight excluding hydrogens is 572 g/mol. The number of benzene rings is 8. The van der Waals surface area contributed by atoms with Gasteiger partial charge in [-0.15, -0.1) is 0 Å². The van der Waals surface area contributed by atoms with Gasteiger partial charge in [0.1, 0.15) is 0 Å². The van der Waals surface area contributed by atoms with Crippen LogP contribution in [-0.4, -0.2) is 0 Å². The van der Waals surface area contributed by atoms with Crippen LogP contribution < -0.4 is 0 Å². The van der Waals surface area contributed by atoms with Gasteiger partial charge in [-0.2, -0.15) is 0 Å². The largest absolute Gasteiger partial charge is 0.0622 e. The molecule has 0 amide bonds. The number of fused-ring (bicyclic) bond motifs is 7.